The predicted octanol–water partition coefficient (Wildman–Crippen LogP) is 5.05. The van der Waals surface area contributed by atoms with Crippen LogP contribution in [0.25, 0.3) is 0 Å². The Morgan fingerprint density at radius 1 is 1.06 bits per heavy atom. The van der Waals surface area contributed by atoms with Gasteiger partial charge in [-0.25, -0.2) is 4.79 Å². The average molecular weight is 516 g/mol. The fraction of sp³-hybridized carbons (Fsp3) is 0.240. The third-order valence-electron chi connectivity index (χ3n) is 5.95. The number of benzene rings is 2. The van der Waals surface area contributed by atoms with Crippen LogP contribution in [0.3, 0.4) is 0 Å². The lowest BCUT2D eigenvalue weighted by atomic mass is 10.2. The van der Waals surface area contributed by atoms with Crippen LogP contribution in [0.1, 0.15) is 11.1 Å². The number of halogens is 3. The molecule has 0 aromatic heterocycles. The molecule has 11 heteroatoms. The number of carbonyl (C=O) groups is 1. The number of nitrogens with zero attached hydrogens (tertiary/aromatic N) is 3. The fourth-order valence-electron chi connectivity index (χ4n) is 4.11. The highest BCUT2D eigenvalue weighted by Crippen LogP contribution is 2.33. The summed E-state index contributed by atoms with van der Waals surface area (Å²) >= 11 is 1.43. The van der Waals surface area contributed by atoms with Crippen LogP contribution in [0.4, 0.5) is 18.0 Å². The molecule has 0 aliphatic carbocycles. The second-order valence-electron chi connectivity index (χ2n) is 8.45. The van der Waals surface area contributed by atoms with E-state index in [1.165, 1.54) is 24.3 Å². The monoisotopic (exact) mass is 515 g/mol. The highest BCUT2D eigenvalue weighted by Gasteiger charge is 2.30. The number of allylic oxidation sites excluding steroid dienone is 2. The van der Waals surface area contributed by atoms with E-state index in [4.69, 9.17) is 4.74 Å². The molecule has 3 aliphatic rings. The van der Waals surface area contributed by atoms with Gasteiger partial charge in [-0.3, -0.25) is 9.21 Å². The smallest absolute Gasteiger partial charge is 0.416 e. The van der Waals surface area contributed by atoms with E-state index in [2.05, 4.69) is 14.9 Å². The van der Waals surface area contributed by atoms with Gasteiger partial charge in [-0.2, -0.15) is 13.2 Å². The van der Waals surface area contributed by atoms with Gasteiger partial charge in [0.15, 0.2) is 0 Å². The van der Waals surface area contributed by atoms with Crippen LogP contribution in [-0.4, -0.2) is 46.3 Å². The zero-order valence-corrected chi connectivity index (χ0v) is 20.0. The molecule has 0 radical (unpaired) electrons. The molecular formula is C25H24F3N5O2S. The summed E-state index contributed by atoms with van der Waals surface area (Å²) in [5, 5.41) is 3.00. The molecule has 0 atom stereocenters. The normalized spacial score (nSPS) is 17.8. The van der Waals surface area contributed by atoms with Crippen LogP contribution in [0.15, 0.2) is 84.5 Å². The minimum atomic E-state index is -4.42. The third-order valence-corrected chi connectivity index (χ3v) is 6.69. The average Bonchev–Trinajstić information content (AvgIpc) is 3.34. The SMILES string of the molecule is O=C(NC1=CC=CN2SNC=C12)N1CCN(Cc2cccc(Oc3cccc(C(F)(F)F)c3)c2)CC1. The van der Waals surface area contributed by atoms with Gasteiger partial charge in [0.1, 0.15) is 11.5 Å². The second kappa shape index (κ2) is 10.2. The summed E-state index contributed by atoms with van der Waals surface area (Å²) in [5.74, 6) is 0.610. The molecule has 5 rings (SSSR count). The number of hydrogen-bond acceptors (Lipinski definition) is 6. The van der Waals surface area contributed by atoms with Gasteiger partial charge in [0, 0.05) is 45.1 Å². The molecule has 2 amide bonds. The Balaban J connectivity index is 1.14. The molecule has 2 N–H and O–H groups in total. The fourth-order valence-corrected chi connectivity index (χ4v) is 4.77. The number of urea groups is 1. The quantitative estimate of drug-likeness (QED) is 0.544. The minimum Gasteiger partial charge on any atom is -0.457 e. The zero-order chi connectivity index (χ0) is 25.1. The Bertz CT molecular complexity index is 1220. The van der Waals surface area contributed by atoms with Gasteiger partial charge in [0.2, 0.25) is 0 Å². The first-order valence-corrected chi connectivity index (χ1v) is 12.2. The summed E-state index contributed by atoms with van der Waals surface area (Å²) in [4.78, 5) is 16.8. The number of fused-ring (bicyclic) bond motifs is 1. The van der Waals surface area contributed by atoms with E-state index in [-0.39, 0.29) is 11.8 Å². The highest BCUT2D eigenvalue weighted by atomic mass is 32.2. The van der Waals surface area contributed by atoms with E-state index < -0.39 is 11.7 Å². The van der Waals surface area contributed by atoms with E-state index in [0.29, 0.717) is 38.5 Å². The molecule has 188 valence electrons. The Hall–Kier alpha value is -3.57. The number of ether oxygens (including phenoxy) is 1. The summed E-state index contributed by atoms with van der Waals surface area (Å²) in [5.41, 5.74) is 1.89. The number of hydrogen-bond donors (Lipinski definition) is 2. The predicted molar refractivity (Wildman–Crippen MR) is 131 cm³/mol. The van der Waals surface area contributed by atoms with Crippen molar-refractivity contribution in [2.75, 3.05) is 26.2 Å². The van der Waals surface area contributed by atoms with Gasteiger partial charge in [-0.05, 0) is 48.0 Å². The Morgan fingerprint density at radius 2 is 1.81 bits per heavy atom. The molecule has 3 heterocycles. The van der Waals surface area contributed by atoms with Crippen LogP contribution < -0.4 is 14.8 Å². The molecule has 1 fully saturated rings. The van der Waals surface area contributed by atoms with Crippen LogP contribution in [0.2, 0.25) is 0 Å². The first-order valence-electron chi connectivity index (χ1n) is 11.4. The van der Waals surface area contributed by atoms with Gasteiger partial charge in [-0.1, -0.05) is 18.2 Å². The molecular weight excluding hydrogens is 491 g/mol. The molecule has 36 heavy (non-hydrogen) atoms. The molecule has 1 saturated heterocycles. The summed E-state index contributed by atoms with van der Waals surface area (Å²) in [6.07, 6.45) is 3.11. The standard InChI is InChI=1S/C25H24F3N5O2S/c26-25(27,28)19-5-2-7-21(15-19)35-20-6-1-4-18(14-20)17-31-10-12-32(13-11-31)24(34)30-22-8-3-9-33-23(22)16-29-36-33/h1-9,14-16,29H,10-13,17H2,(H,30,34). The van der Waals surface area contributed by atoms with Crippen LogP contribution >= 0.6 is 12.1 Å². The molecule has 0 unspecified atom stereocenters. The molecule has 0 bridgehead atoms. The van der Waals surface area contributed by atoms with Crippen LogP contribution in [-0.2, 0) is 12.7 Å². The Kier molecular flexibility index (Phi) is 6.84. The molecule has 0 spiro atoms. The van der Waals surface area contributed by atoms with E-state index in [1.807, 2.05) is 47.1 Å². The van der Waals surface area contributed by atoms with Gasteiger partial charge in [-0.15, -0.1) is 0 Å². The first-order chi connectivity index (χ1) is 17.3. The van der Waals surface area contributed by atoms with Crippen molar-refractivity contribution < 1.29 is 22.7 Å². The van der Waals surface area contributed by atoms with Gasteiger partial charge in [0.05, 0.1) is 29.1 Å². The van der Waals surface area contributed by atoms with E-state index in [9.17, 15) is 18.0 Å². The molecule has 2 aromatic carbocycles. The zero-order valence-electron chi connectivity index (χ0n) is 19.2. The number of nitrogens with one attached hydrogen (secondary N) is 2. The number of amides is 2. The van der Waals surface area contributed by atoms with Gasteiger partial charge in [0.25, 0.3) is 0 Å². The molecule has 7 nitrogen and oxygen atoms in total. The van der Waals surface area contributed by atoms with Crippen molar-refractivity contribution in [2.45, 2.75) is 12.7 Å². The lowest BCUT2D eigenvalue weighted by Gasteiger charge is -2.35. The van der Waals surface area contributed by atoms with Gasteiger partial charge < -0.3 is 19.7 Å². The van der Waals surface area contributed by atoms with Crippen molar-refractivity contribution in [2.24, 2.45) is 0 Å². The number of piperazine rings is 1. The maximum Gasteiger partial charge on any atom is 0.416 e. The van der Waals surface area contributed by atoms with Crippen molar-refractivity contribution in [3.8, 4) is 11.5 Å². The Morgan fingerprint density at radius 3 is 2.58 bits per heavy atom. The maximum absolute atomic E-state index is 13.0. The highest BCUT2D eigenvalue weighted by molar-refractivity contribution is 7.95. The number of alkyl halides is 3. The lowest BCUT2D eigenvalue weighted by Crippen LogP contribution is -2.51. The van der Waals surface area contributed by atoms with Crippen molar-refractivity contribution >= 4 is 18.2 Å². The van der Waals surface area contributed by atoms with Crippen molar-refractivity contribution in [1.29, 1.82) is 0 Å². The summed E-state index contributed by atoms with van der Waals surface area (Å²) in [6, 6.07) is 12.0. The minimum absolute atomic E-state index is 0.134. The van der Waals surface area contributed by atoms with Crippen LogP contribution in [0, 0.1) is 0 Å². The third kappa shape index (κ3) is 5.63. The topological polar surface area (TPSA) is 60.1 Å². The van der Waals surface area contributed by atoms with Crippen LogP contribution in [0.5, 0.6) is 11.5 Å². The number of rotatable bonds is 5. The van der Waals surface area contributed by atoms with Crippen molar-refractivity contribution in [1.82, 2.24) is 24.1 Å². The van der Waals surface area contributed by atoms with E-state index in [1.54, 1.807) is 11.0 Å². The first kappa shape index (κ1) is 24.1. The summed E-state index contributed by atoms with van der Waals surface area (Å²) in [6.45, 7) is 3.24. The molecule has 0 saturated carbocycles. The van der Waals surface area contributed by atoms with Gasteiger partial charge >= 0.3 is 12.2 Å². The maximum atomic E-state index is 13.0. The van der Waals surface area contributed by atoms with Crippen molar-refractivity contribution in [3.05, 3.63) is 95.6 Å². The van der Waals surface area contributed by atoms with Crippen molar-refractivity contribution in [3.63, 3.8) is 0 Å². The largest absolute Gasteiger partial charge is 0.457 e. The lowest BCUT2D eigenvalue weighted by molar-refractivity contribution is -0.137. The summed E-state index contributed by atoms with van der Waals surface area (Å²) < 4.78 is 49.6. The number of carbonyl (C=O) groups excluding carboxylic acids is 1. The van der Waals surface area contributed by atoms with E-state index in [0.717, 1.165) is 29.1 Å². The Labute approximate surface area is 211 Å². The second-order valence-corrected chi connectivity index (χ2v) is 9.27. The van der Waals surface area contributed by atoms with E-state index >= 15 is 0 Å². The molecule has 3 aliphatic heterocycles. The summed E-state index contributed by atoms with van der Waals surface area (Å²) in [7, 11) is 0. The molecule has 2 aromatic rings.